The number of nitrogens with zero attached hydrogens (tertiary/aromatic N) is 1. The number of hydrogen-bond acceptors (Lipinski definition) is 3. The van der Waals surface area contributed by atoms with E-state index >= 15 is 0 Å². The summed E-state index contributed by atoms with van der Waals surface area (Å²) >= 11 is 1.58. The van der Waals surface area contributed by atoms with Gasteiger partial charge >= 0.3 is 5.97 Å². The van der Waals surface area contributed by atoms with E-state index in [4.69, 9.17) is 5.11 Å². The number of rotatable bonds is 1. The van der Waals surface area contributed by atoms with Gasteiger partial charge in [-0.2, -0.15) is 0 Å². The van der Waals surface area contributed by atoms with Crippen LogP contribution in [-0.2, 0) is 9.59 Å². The molecule has 0 aromatic heterocycles. The van der Waals surface area contributed by atoms with Crippen LogP contribution in [0.1, 0.15) is 6.42 Å². The molecule has 2 saturated heterocycles. The summed E-state index contributed by atoms with van der Waals surface area (Å²) in [5, 5.41) is 8.97. The topological polar surface area (TPSA) is 57.6 Å². The molecule has 5 heteroatoms. The van der Waals surface area contributed by atoms with Gasteiger partial charge in [0.25, 0.3) is 0 Å². The maximum Gasteiger partial charge on any atom is 0.309 e. The van der Waals surface area contributed by atoms with E-state index in [0.29, 0.717) is 18.7 Å². The van der Waals surface area contributed by atoms with Gasteiger partial charge in [-0.25, -0.2) is 0 Å². The quantitative estimate of drug-likeness (QED) is 0.587. The van der Waals surface area contributed by atoms with Crippen molar-refractivity contribution in [1.29, 1.82) is 0 Å². The molecule has 1 N–H and O–H groups in total. The van der Waals surface area contributed by atoms with Crippen molar-refractivity contribution < 1.29 is 14.7 Å². The molecule has 2 atom stereocenters. The summed E-state index contributed by atoms with van der Waals surface area (Å²) in [4.78, 5) is 23.2. The zero-order valence-electron chi connectivity index (χ0n) is 6.40. The van der Waals surface area contributed by atoms with Gasteiger partial charge < -0.3 is 10.0 Å². The largest absolute Gasteiger partial charge is 0.481 e. The van der Waals surface area contributed by atoms with E-state index in [9.17, 15) is 9.59 Å². The molecule has 0 saturated carbocycles. The van der Waals surface area contributed by atoms with Gasteiger partial charge in [-0.05, 0) is 0 Å². The molecule has 2 heterocycles. The predicted octanol–water partition coefficient (Wildman–Crippen LogP) is -0.00760. The first-order valence-corrected chi connectivity index (χ1v) is 4.87. The Morgan fingerprint density at radius 3 is 3.00 bits per heavy atom. The number of carbonyl (C=O) groups is 2. The third-order valence-corrected chi connectivity index (χ3v) is 3.67. The fourth-order valence-corrected chi connectivity index (χ4v) is 2.81. The van der Waals surface area contributed by atoms with Crippen LogP contribution in [0.25, 0.3) is 0 Å². The third kappa shape index (κ3) is 1.08. The molecule has 0 radical (unpaired) electrons. The van der Waals surface area contributed by atoms with Crippen LogP contribution >= 0.6 is 11.8 Å². The van der Waals surface area contributed by atoms with Crippen LogP contribution in [0.4, 0.5) is 0 Å². The fourth-order valence-electron chi connectivity index (χ4n) is 1.46. The molecule has 0 bridgehead atoms. The molecule has 4 nitrogen and oxygen atoms in total. The smallest absolute Gasteiger partial charge is 0.309 e. The molecular weight excluding hydrogens is 178 g/mol. The molecule has 2 aliphatic rings. The van der Waals surface area contributed by atoms with Crippen LogP contribution < -0.4 is 0 Å². The van der Waals surface area contributed by atoms with E-state index in [1.807, 2.05) is 0 Å². The summed E-state index contributed by atoms with van der Waals surface area (Å²) < 4.78 is 0. The summed E-state index contributed by atoms with van der Waals surface area (Å²) in [7, 11) is 0. The minimum Gasteiger partial charge on any atom is -0.481 e. The number of carboxylic acids is 1. The number of carboxylic acid groups (broad SMARTS) is 1. The van der Waals surface area contributed by atoms with E-state index in [1.54, 1.807) is 16.7 Å². The van der Waals surface area contributed by atoms with Gasteiger partial charge in [-0.15, -0.1) is 11.8 Å². The average Bonchev–Trinajstić information content (AvgIpc) is 2.02. The van der Waals surface area contributed by atoms with Crippen LogP contribution in [0.5, 0.6) is 0 Å². The molecule has 2 rings (SSSR count). The highest BCUT2D eigenvalue weighted by atomic mass is 32.2. The number of hydrogen-bond donors (Lipinski definition) is 1. The lowest BCUT2D eigenvalue weighted by Gasteiger charge is -2.45. The Kier molecular flexibility index (Phi) is 1.75. The Labute approximate surface area is 73.9 Å². The van der Waals surface area contributed by atoms with Gasteiger partial charge in [0.15, 0.2) is 0 Å². The zero-order chi connectivity index (χ0) is 8.72. The van der Waals surface area contributed by atoms with Gasteiger partial charge in [0.05, 0.1) is 17.7 Å². The zero-order valence-corrected chi connectivity index (χ0v) is 7.21. The summed E-state index contributed by atoms with van der Waals surface area (Å²) in [6.45, 7) is 0.409. The fraction of sp³-hybridized carbons (Fsp3) is 0.714. The molecule has 12 heavy (non-hydrogen) atoms. The third-order valence-electron chi connectivity index (χ3n) is 2.27. The normalized spacial score (nSPS) is 34.0. The highest BCUT2D eigenvalue weighted by Gasteiger charge is 2.42. The first-order chi connectivity index (χ1) is 5.68. The minimum atomic E-state index is -0.791. The number of aliphatic carboxylic acids is 1. The van der Waals surface area contributed by atoms with Crippen LogP contribution in [0.15, 0.2) is 0 Å². The van der Waals surface area contributed by atoms with Crippen molar-refractivity contribution in [2.45, 2.75) is 11.8 Å². The molecule has 2 fully saturated rings. The molecule has 1 amide bonds. The summed E-state index contributed by atoms with van der Waals surface area (Å²) in [5.41, 5.74) is 0. The molecule has 0 aliphatic carbocycles. The van der Waals surface area contributed by atoms with Gasteiger partial charge in [-0.1, -0.05) is 0 Å². The van der Waals surface area contributed by atoms with Crippen molar-refractivity contribution in [2.24, 2.45) is 5.92 Å². The van der Waals surface area contributed by atoms with E-state index in [0.717, 1.165) is 0 Å². The Morgan fingerprint density at radius 1 is 1.67 bits per heavy atom. The van der Waals surface area contributed by atoms with E-state index in [1.165, 1.54) is 0 Å². The van der Waals surface area contributed by atoms with E-state index in [2.05, 4.69) is 0 Å². The lowest BCUT2D eigenvalue weighted by Crippen LogP contribution is -2.56. The summed E-state index contributed by atoms with van der Waals surface area (Å²) in [6, 6.07) is 0. The van der Waals surface area contributed by atoms with Crippen LogP contribution in [-0.4, -0.2) is 39.6 Å². The van der Waals surface area contributed by atoms with Crippen molar-refractivity contribution in [3.63, 3.8) is 0 Å². The van der Waals surface area contributed by atoms with Crippen molar-refractivity contribution in [2.75, 3.05) is 12.3 Å². The Hall–Kier alpha value is -0.710. The second-order valence-corrected chi connectivity index (χ2v) is 4.28. The second kappa shape index (κ2) is 2.65. The van der Waals surface area contributed by atoms with E-state index in [-0.39, 0.29) is 17.2 Å². The average molecular weight is 187 g/mol. The minimum absolute atomic E-state index is 0.0958. The molecular formula is C7H9NO3S. The first kappa shape index (κ1) is 7.91. The molecule has 66 valence electrons. The van der Waals surface area contributed by atoms with Gasteiger partial charge in [0.1, 0.15) is 0 Å². The summed E-state index contributed by atoms with van der Waals surface area (Å²) in [6.07, 6.45) is 0.594. The molecule has 0 aromatic carbocycles. The van der Waals surface area contributed by atoms with Crippen molar-refractivity contribution >= 4 is 23.6 Å². The first-order valence-electron chi connectivity index (χ1n) is 3.82. The highest BCUT2D eigenvalue weighted by molar-refractivity contribution is 8.00. The van der Waals surface area contributed by atoms with Crippen molar-refractivity contribution in [1.82, 2.24) is 4.90 Å². The lowest BCUT2D eigenvalue weighted by atomic mass is 10.1. The maximum absolute atomic E-state index is 11.0. The van der Waals surface area contributed by atoms with Crippen LogP contribution in [0.3, 0.4) is 0 Å². The van der Waals surface area contributed by atoms with Crippen LogP contribution in [0.2, 0.25) is 0 Å². The van der Waals surface area contributed by atoms with E-state index < -0.39 is 5.97 Å². The van der Waals surface area contributed by atoms with Crippen molar-refractivity contribution in [3.8, 4) is 0 Å². The lowest BCUT2D eigenvalue weighted by molar-refractivity contribution is -0.148. The number of amides is 1. The maximum atomic E-state index is 11.0. The molecule has 0 spiro atoms. The molecule has 1 unspecified atom stereocenters. The van der Waals surface area contributed by atoms with Gasteiger partial charge in [-0.3, -0.25) is 9.59 Å². The standard InChI is InChI=1S/C7H9NO3S/c9-5-1-6-8(5)2-4(3-12-6)7(10)11/h4,6H,1-3H2,(H,10,11)/t4?,6-/m1/s1. The summed E-state index contributed by atoms with van der Waals surface area (Å²) in [5.74, 6) is -0.418. The molecule has 2 aliphatic heterocycles. The Balaban J connectivity index is 2.00. The number of thioether (sulfide) groups is 1. The Bertz CT molecular complexity index is 235. The SMILES string of the molecule is O=C(O)C1CS[C@@H]2CC(=O)N2C1. The predicted molar refractivity (Wildman–Crippen MR) is 43.7 cm³/mol. The van der Waals surface area contributed by atoms with Gasteiger partial charge in [0.2, 0.25) is 5.91 Å². The monoisotopic (exact) mass is 187 g/mol. The van der Waals surface area contributed by atoms with Gasteiger partial charge in [0, 0.05) is 12.3 Å². The number of β-lactam (4-membered cyclic amide) rings is 1. The highest BCUT2D eigenvalue weighted by Crippen LogP contribution is 2.35. The van der Waals surface area contributed by atoms with Crippen LogP contribution in [0, 0.1) is 5.92 Å². The Morgan fingerprint density at radius 2 is 2.42 bits per heavy atom. The second-order valence-electron chi connectivity index (χ2n) is 3.07. The number of fused-ring (bicyclic) bond motifs is 1. The number of carbonyl (C=O) groups excluding carboxylic acids is 1. The molecule has 0 aromatic rings. The van der Waals surface area contributed by atoms with Crippen molar-refractivity contribution in [3.05, 3.63) is 0 Å².